The maximum absolute atomic E-state index is 13.5. The van der Waals surface area contributed by atoms with E-state index in [1.165, 1.54) is 38.5 Å². The van der Waals surface area contributed by atoms with Crippen molar-refractivity contribution in [3.63, 3.8) is 0 Å². The average Bonchev–Trinajstić information content (AvgIpc) is 2.64. The maximum atomic E-state index is 13.5. The number of benzene rings is 1. The van der Waals surface area contributed by atoms with Gasteiger partial charge in [0.2, 0.25) is 0 Å². The van der Waals surface area contributed by atoms with Gasteiger partial charge in [-0.1, -0.05) is 23.7 Å². The number of aliphatic hydroxyl groups is 1. The Hall–Kier alpha value is -1.10. The van der Waals surface area contributed by atoms with E-state index in [4.69, 9.17) is 11.6 Å². The highest BCUT2D eigenvalue weighted by atomic mass is 35.5. The average molecular weight is 433 g/mol. The smallest absolute Gasteiger partial charge is 0.255 e. The van der Waals surface area contributed by atoms with Crippen LogP contribution in [0.2, 0.25) is 5.02 Å². The van der Waals surface area contributed by atoms with Crippen LogP contribution in [0.1, 0.15) is 69.2 Å². The van der Waals surface area contributed by atoms with Crippen molar-refractivity contribution in [3.8, 4) is 0 Å². The van der Waals surface area contributed by atoms with Gasteiger partial charge in [-0.25, -0.2) is 0 Å². The number of nitrogens with zero attached hydrogens (tertiary/aromatic N) is 1. The van der Waals surface area contributed by atoms with Crippen LogP contribution in [-0.4, -0.2) is 47.7 Å². The summed E-state index contributed by atoms with van der Waals surface area (Å²) in [6, 6.07) is 7.43. The number of carbonyl (C=O) groups excluding carboxylic acids is 1. The third-order valence-corrected chi connectivity index (χ3v) is 7.75. The van der Waals surface area contributed by atoms with Crippen molar-refractivity contribution in [1.82, 2.24) is 10.2 Å². The number of halogens is 1. The maximum Gasteiger partial charge on any atom is 0.255 e. The molecule has 4 aliphatic carbocycles. The molecular formula is C25H37ClN2O2. The van der Waals surface area contributed by atoms with E-state index >= 15 is 0 Å². The lowest BCUT2D eigenvalue weighted by Gasteiger charge is -2.57. The molecule has 1 aromatic rings. The molecule has 5 heteroatoms. The van der Waals surface area contributed by atoms with Gasteiger partial charge < -0.3 is 15.3 Å². The lowest BCUT2D eigenvalue weighted by molar-refractivity contribution is -0.0653. The number of rotatable bonds is 9. The second-order valence-corrected chi connectivity index (χ2v) is 11.4. The van der Waals surface area contributed by atoms with Crippen LogP contribution in [0.5, 0.6) is 0 Å². The lowest BCUT2D eigenvalue weighted by Crippen LogP contribution is -2.52. The minimum Gasteiger partial charge on any atom is -0.389 e. The first-order chi connectivity index (χ1) is 14.2. The Morgan fingerprint density at radius 1 is 1.17 bits per heavy atom. The molecule has 4 nitrogen and oxygen atoms in total. The summed E-state index contributed by atoms with van der Waals surface area (Å²) in [7, 11) is 0. The summed E-state index contributed by atoms with van der Waals surface area (Å²) in [6.07, 6.45) is 9.00. The molecule has 0 unspecified atom stereocenters. The highest BCUT2D eigenvalue weighted by Gasteiger charge is 2.51. The van der Waals surface area contributed by atoms with Gasteiger partial charge in [0.05, 0.1) is 16.2 Å². The van der Waals surface area contributed by atoms with Gasteiger partial charge in [-0.15, -0.1) is 0 Å². The van der Waals surface area contributed by atoms with Crippen LogP contribution >= 0.6 is 11.6 Å². The molecule has 1 amide bonds. The third kappa shape index (κ3) is 5.20. The van der Waals surface area contributed by atoms with E-state index in [0.29, 0.717) is 22.5 Å². The van der Waals surface area contributed by atoms with Crippen LogP contribution in [0.3, 0.4) is 0 Å². The predicted octanol–water partition coefficient (Wildman–Crippen LogP) is 4.75. The molecule has 0 heterocycles. The molecule has 0 atom stereocenters. The third-order valence-electron chi connectivity index (χ3n) is 7.42. The molecule has 5 rings (SSSR count). The van der Waals surface area contributed by atoms with E-state index in [-0.39, 0.29) is 5.91 Å². The second kappa shape index (κ2) is 8.80. The molecule has 4 fully saturated rings. The van der Waals surface area contributed by atoms with Gasteiger partial charge in [0.15, 0.2) is 0 Å². The molecule has 0 aliphatic heterocycles. The normalized spacial score (nSPS) is 29.9. The number of amides is 1. The SMILES string of the molecule is CC(C)(O)CNCCCN(CC12CC3CC(CC(C3)C1)C2)C(=O)c1ccccc1Cl. The number of hydrogen-bond acceptors (Lipinski definition) is 3. The fourth-order valence-corrected chi connectivity index (χ4v) is 6.95. The Balaban J connectivity index is 1.45. The van der Waals surface area contributed by atoms with Crippen molar-refractivity contribution >= 4 is 17.5 Å². The first-order valence-corrected chi connectivity index (χ1v) is 12.1. The predicted molar refractivity (Wildman–Crippen MR) is 122 cm³/mol. The van der Waals surface area contributed by atoms with Crippen molar-refractivity contribution in [2.24, 2.45) is 23.2 Å². The monoisotopic (exact) mass is 432 g/mol. The van der Waals surface area contributed by atoms with Crippen molar-refractivity contribution < 1.29 is 9.90 Å². The summed E-state index contributed by atoms with van der Waals surface area (Å²) in [5, 5.41) is 13.8. The molecule has 166 valence electrons. The van der Waals surface area contributed by atoms with Crippen molar-refractivity contribution in [2.45, 2.75) is 64.4 Å². The topological polar surface area (TPSA) is 52.6 Å². The first-order valence-electron chi connectivity index (χ1n) is 11.7. The highest BCUT2D eigenvalue weighted by Crippen LogP contribution is 2.60. The van der Waals surface area contributed by atoms with E-state index in [9.17, 15) is 9.90 Å². The van der Waals surface area contributed by atoms with Crippen LogP contribution < -0.4 is 5.32 Å². The highest BCUT2D eigenvalue weighted by molar-refractivity contribution is 6.33. The van der Waals surface area contributed by atoms with Crippen LogP contribution in [0.15, 0.2) is 24.3 Å². The number of nitrogens with one attached hydrogen (secondary N) is 1. The number of carbonyl (C=O) groups is 1. The fraction of sp³-hybridized carbons (Fsp3) is 0.720. The standard InChI is InChI=1S/C25H37ClN2O2/c1-24(2,30)16-27-8-5-9-28(23(29)21-6-3-4-7-22(21)26)17-25-13-18-10-19(14-25)12-20(11-18)15-25/h3-4,6-7,18-20,27,30H,5,8-17H2,1-2H3. The van der Waals surface area contributed by atoms with Gasteiger partial charge in [-0.3, -0.25) is 4.79 Å². The molecule has 0 aromatic heterocycles. The van der Waals surface area contributed by atoms with Gasteiger partial charge in [-0.2, -0.15) is 0 Å². The van der Waals surface area contributed by atoms with E-state index in [1.54, 1.807) is 13.8 Å². The minimum atomic E-state index is -0.716. The van der Waals surface area contributed by atoms with Crippen LogP contribution in [0.25, 0.3) is 0 Å². The molecule has 1 aromatic carbocycles. The van der Waals surface area contributed by atoms with Gasteiger partial charge in [0, 0.05) is 19.6 Å². The Bertz CT molecular complexity index is 722. The molecular weight excluding hydrogens is 396 g/mol. The summed E-state index contributed by atoms with van der Waals surface area (Å²) in [5.41, 5.74) is 0.215. The van der Waals surface area contributed by atoms with Crippen molar-refractivity contribution in [1.29, 1.82) is 0 Å². The summed E-state index contributed by atoms with van der Waals surface area (Å²) in [4.78, 5) is 15.6. The van der Waals surface area contributed by atoms with E-state index < -0.39 is 5.60 Å². The van der Waals surface area contributed by atoms with Gasteiger partial charge >= 0.3 is 0 Å². The zero-order valence-corrected chi connectivity index (χ0v) is 19.3. The Morgan fingerprint density at radius 3 is 2.33 bits per heavy atom. The van der Waals surface area contributed by atoms with Crippen molar-refractivity contribution in [2.75, 3.05) is 26.2 Å². The summed E-state index contributed by atoms with van der Waals surface area (Å²) in [6.45, 7) is 6.55. The quantitative estimate of drug-likeness (QED) is 0.553. The van der Waals surface area contributed by atoms with E-state index in [2.05, 4.69) is 10.2 Å². The molecule has 2 N–H and O–H groups in total. The van der Waals surface area contributed by atoms with Crippen molar-refractivity contribution in [3.05, 3.63) is 34.9 Å². The van der Waals surface area contributed by atoms with Gasteiger partial charge in [0.1, 0.15) is 0 Å². The summed E-state index contributed by atoms with van der Waals surface area (Å²) in [5.74, 6) is 2.70. The van der Waals surface area contributed by atoms with Crippen LogP contribution in [0, 0.1) is 23.2 Å². The minimum absolute atomic E-state index is 0.0684. The molecule has 30 heavy (non-hydrogen) atoms. The fourth-order valence-electron chi connectivity index (χ4n) is 6.74. The van der Waals surface area contributed by atoms with E-state index in [0.717, 1.165) is 43.8 Å². The van der Waals surface area contributed by atoms with Crippen LogP contribution in [0.4, 0.5) is 0 Å². The van der Waals surface area contributed by atoms with E-state index in [1.807, 2.05) is 24.3 Å². The molecule has 4 bridgehead atoms. The molecule has 4 aliphatic rings. The molecule has 0 spiro atoms. The Morgan fingerprint density at radius 2 is 1.77 bits per heavy atom. The molecule has 4 saturated carbocycles. The largest absolute Gasteiger partial charge is 0.389 e. The lowest BCUT2D eigenvalue weighted by atomic mass is 9.49. The molecule has 0 radical (unpaired) electrons. The Labute approximate surface area is 186 Å². The Kier molecular flexibility index (Phi) is 6.48. The van der Waals surface area contributed by atoms with Crippen LogP contribution in [-0.2, 0) is 0 Å². The second-order valence-electron chi connectivity index (χ2n) is 11.0. The zero-order valence-electron chi connectivity index (χ0n) is 18.5. The number of hydrogen-bond donors (Lipinski definition) is 2. The first kappa shape index (κ1) is 22.1. The summed E-state index contributed by atoms with van der Waals surface area (Å²) >= 11 is 6.39. The molecule has 0 saturated heterocycles. The zero-order chi connectivity index (χ0) is 21.4. The summed E-state index contributed by atoms with van der Waals surface area (Å²) < 4.78 is 0. The van der Waals surface area contributed by atoms with Gasteiger partial charge in [0.25, 0.3) is 5.91 Å². The van der Waals surface area contributed by atoms with Gasteiger partial charge in [-0.05, 0) is 101 Å².